The topological polar surface area (TPSA) is 72.1 Å². The molecule has 1 aliphatic rings. The maximum Gasteiger partial charge on any atom is 0.188 e. The van der Waals surface area contributed by atoms with Gasteiger partial charge in [-0.2, -0.15) is 0 Å². The molecule has 1 fully saturated rings. The first-order chi connectivity index (χ1) is 10.0. The minimum absolute atomic E-state index is 0. The number of aliphatic imine (C=N–C) groups is 1. The lowest BCUT2D eigenvalue weighted by Gasteiger charge is -2.34. The summed E-state index contributed by atoms with van der Waals surface area (Å²) in [6.07, 6.45) is 1.13. The van der Waals surface area contributed by atoms with Crippen LogP contribution in [0, 0.1) is 5.92 Å². The highest BCUT2D eigenvalue weighted by Gasteiger charge is 2.21. The van der Waals surface area contributed by atoms with E-state index in [1.165, 1.54) is 0 Å². The van der Waals surface area contributed by atoms with E-state index in [1.54, 1.807) is 7.11 Å². The lowest BCUT2D eigenvalue weighted by molar-refractivity contribution is 0.0143. The van der Waals surface area contributed by atoms with Gasteiger partial charge in [-0.25, -0.2) is 0 Å². The quantitative estimate of drug-likeness (QED) is 0.347. The number of methoxy groups -OCH3 is 1. The molecular weight excluding hydrogens is 395 g/mol. The van der Waals surface area contributed by atoms with Crippen molar-refractivity contribution >= 4 is 29.9 Å². The van der Waals surface area contributed by atoms with Gasteiger partial charge in [-0.1, -0.05) is 13.8 Å². The fourth-order valence-electron chi connectivity index (χ4n) is 2.62. The first-order valence-corrected chi connectivity index (χ1v) is 7.90. The van der Waals surface area contributed by atoms with Crippen molar-refractivity contribution < 1.29 is 9.47 Å². The molecule has 0 spiro atoms. The Morgan fingerprint density at radius 3 is 2.50 bits per heavy atom. The Morgan fingerprint density at radius 1 is 1.32 bits per heavy atom. The minimum atomic E-state index is 0. The van der Waals surface area contributed by atoms with E-state index in [4.69, 9.17) is 15.2 Å². The highest BCUT2D eigenvalue weighted by molar-refractivity contribution is 14.0. The summed E-state index contributed by atoms with van der Waals surface area (Å²) in [4.78, 5) is 6.99. The van der Waals surface area contributed by atoms with Crippen LogP contribution in [-0.4, -0.2) is 69.5 Å². The number of hydrogen-bond acceptors (Lipinski definition) is 4. The van der Waals surface area contributed by atoms with E-state index >= 15 is 0 Å². The number of morpholine rings is 1. The van der Waals surface area contributed by atoms with Gasteiger partial charge in [0.25, 0.3) is 0 Å². The monoisotopic (exact) mass is 428 g/mol. The standard InChI is InChI=1S/C15H32N4O2.HI/c1-12(2)9-14(19-5-7-21-8-6-19)10-17-15(16)18-13(3)11-20-4;/h12-14H,5-11H2,1-4H3,(H3,16,17,18);1H. The van der Waals surface area contributed by atoms with Crippen LogP contribution >= 0.6 is 24.0 Å². The van der Waals surface area contributed by atoms with Crippen molar-refractivity contribution in [2.24, 2.45) is 16.6 Å². The van der Waals surface area contributed by atoms with Gasteiger partial charge >= 0.3 is 0 Å². The van der Waals surface area contributed by atoms with Crippen LogP contribution in [0.4, 0.5) is 0 Å². The Bertz CT molecular complexity index is 310. The number of nitrogens with two attached hydrogens (primary N) is 1. The van der Waals surface area contributed by atoms with Crippen molar-refractivity contribution in [2.45, 2.75) is 39.3 Å². The normalized spacial score (nSPS) is 19.6. The molecule has 2 atom stereocenters. The highest BCUT2D eigenvalue weighted by Crippen LogP contribution is 2.13. The van der Waals surface area contributed by atoms with E-state index in [0.29, 0.717) is 24.5 Å². The molecule has 0 saturated carbocycles. The van der Waals surface area contributed by atoms with E-state index < -0.39 is 0 Å². The molecule has 0 radical (unpaired) electrons. The average Bonchev–Trinajstić information content (AvgIpc) is 2.44. The molecule has 6 nitrogen and oxygen atoms in total. The molecule has 0 aromatic rings. The Kier molecular flexibility index (Phi) is 12.3. The first-order valence-electron chi connectivity index (χ1n) is 7.90. The number of nitrogens with one attached hydrogen (secondary N) is 1. The molecule has 2 unspecified atom stereocenters. The van der Waals surface area contributed by atoms with E-state index in [1.807, 2.05) is 6.92 Å². The van der Waals surface area contributed by atoms with Crippen molar-refractivity contribution in [1.29, 1.82) is 0 Å². The number of nitrogens with zero attached hydrogens (tertiary/aromatic N) is 2. The third kappa shape index (κ3) is 9.12. The molecule has 7 heteroatoms. The lowest BCUT2D eigenvalue weighted by Crippen LogP contribution is -2.46. The van der Waals surface area contributed by atoms with Crippen molar-refractivity contribution in [3.8, 4) is 0 Å². The third-order valence-electron chi connectivity index (χ3n) is 3.59. The predicted molar refractivity (Wildman–Crippen MR) is 102 cm³/mol. The Morgan fingerprint density at radius 2 is 1.95 bits per heavy atom. The van der Waals surface area contributed by atoms with Gasteiger partial charge < -0.3 is 20.5 Å². The number of rotatable bonds is 8. The second kappa shape index (κ2) is 12.3. The third-order valence-corrected chi connectivity index (χ3v) is 3.59. The number of hydrogen-bond donors (Lipinski definition) is 2. The van der Waals surface area contributed by atoms with Gasteiger partial charge in [-0.05, 0) is 19.3 Å². The zero-order valence-electron chi connectivity index (χ0n) is 14.4. The summed E-state index contributed by atoms with van der Waals surface area (Å²) in [6.45, 7) is 11.5. The zero-order chi connectivity index (χ0) is 15.7. The summed E-state index contributed by atoms with van der Waals surface area (Å²) in [7, 11) is 1.68. The van der Waals surface area contributed by atoms with Crippen LogP contribution in [0.15, 0.2) is 4.99 Å². The lowest BCUT2D eigenvalue weighted by atomic mass is 10.0. The number of halogens is 1. The van der Waals surface area contributed by atoms with Gasteiger partial charge in [0.1, 0.15) is 0 Å². The molecule has 0 aromatic carbocycles. The molecule has 0 bridgehead atoms. The van der Waals surface area contributed by atoms with Crippen molar-refractivity contribution in [2.75, 3.05) is 46.6 Å². The van der Waals surface area contributed by atoms with Crippen LogP contribution < -0.4 is 11.1 Å². The molecule has 1 aliphatic heterocycles. The molecule has 132 valence electrons. The molecule has 0 amide bonds. The molecule has 1 saturated heterocycles. The zero-order valence-corrected chi connectivity index (χ0v) is 16.7. The van der Waals surface area contributed by atoms with Gasteiger partial charge in [0.2, 0.25) is 0 Å². The minimum Gasteiger partial charge on any atom is -0.383 e. The second-order valence-electron chi connectivity index (χ2n) is 6.16. The van der Waals surface area contributed by atoms with E-state index in [2.05, 4.69) is 29.1 Å². The van der Waals surface area contributed by atoms with E-state index in [0.717, 1.165) is 39.3 Å². The van der Waals surface area contributed by atoms with Crippen LogP contribution in [0.5, 0.6) is 0 Å². The highest BCUT2D eigenvalue weighted by atomic mass is 127. The summed E-state index contributed by atoms with van der Waals surface area (Å²) >= 11 is 0. The van der Waals surface area contributed by atoms with Crippen LogP contribution in [0.2, 0.25) is 0 Å². The average molecular weight is 428 g/mol. The van der Waals surface area contributed by atoms with Gasteiger partial charge in [0.05, 0.1) is 26.4 Å². The fraction of sp³-hybridized carbons (Fsp3) is 0.933. The van der Waals surface area contributed by atoms with Crippen LogP contribution in [0.3, 0.4) is 0 Å². The van der Waals surface area contributed by atoms with E-state index in [9.17, 15) is 0 Å². The van der Waals surface area contributed by atoms with Gasteiger partial charge in [-0.3, -0.25) is 9.89 Å². The predicted octanol–water partition coefficient (Wildman–Crippen LogP) is 1.29. The molecule has 1 heterocycles. The summed E-state index contributed by atoms with van der Waals surface area (Å²) in [5.41, 5.74) is 5.95. The van der Waals surface area contributed by atoms with Crippen molar-refractivity contribution in [1.82, 2.24) is 10.2 Å². The summed E-state index contributed by atoms with van der Waals surface area (Å²) in [5.74, 6) is 1.15. The summed E-state index contributed by atoms with van der Waals surface area (Å²) < 4.78 is 10.5. The largest absolute Gasteiger partial charge is 0.383 e. The summed E-state index contributed by atoms with van der Waals surface area (Å²) in [6, 6.07) is 0.609. The van der Waals surface area contributed by atoms with Gasteiger partial charge in [-0.15, -0.1) is 24.0 Å². The summed E-state index contributed by atoms with van der Waals surface area (Å²) in [5, 5.41) is 3.15. The first kappa shape index (κ1) is 21.9. The molecular formula is C15H33IN4O2. The maximum absolute atomic E-state index is 5.95. The molecule has 0 aromatic heterocycles. The Labute approximate surface area is 152 Å². The molecule has 0 aliphatic carbocycles. The fourth-order valence-corrected chi connectivity index (χ4v) is 2.62. The van der Waals surface area contributed by atoms with Crippen molar-refractivity contribution in [3.05, 3.63) is 0 Å². The molecule has 22 heavy (non-hydrogen) atoms. The van der Waals surface area contributed by atoms with Crippen LogP contribution in [0.25, 0.3) is 0 Å². The molecule has 1 rings (SSSR count). The maximum atomic E-state index is 5.95. The number of guanidine groups is 1. The smallest absolute Gasteiger partial charge is 0.188 e. The van der Waals surface area contributed by atoms with Crippen molar-refractivity contribution in [3.63, 3.8) is 0 Å². The Hall–Kier alpha value is -0.120. The van der Waals surface area contributed by atoms with Crippen LogP contribution in [-0.2, 0) is 9.47 Å². The van der Waals surface area contributed by atoms with Gasteiger partial charge in [0.15, 0.2) is 5.96 Å². The van der Waals surface area contributed by atoms with Gasteiger partial charge in [0, 0.05) is 32.3 Å². The molecule has 3 N–H and O–H groups in total. The second-order valence-corrected chi connectivity index (χ2v) is 6.16. The van der Waals surface area contributed by atoms with Crippen LogP contribution in [0.1, 0.15) is 27.2 Å². The van der Waals surface area contributed by atoms with E-state index in [-0.39, 0.29) is 30.0 Å². The Balaban J connectivity index is 0.00000441. The number of ether oxygens (including phenoxy) is 2. The SMILES string of the molecule is COCC(C)NC(N)=NCC(CC(C)C)N1CCOCC1.I.